The lowest BCUT2D eigenvalue weighted by molar-refractivity contribution is -0.140. The third-order valence-corrected chi connectivity index (χ3v) is 5.16. The van der Waals surface area contributed by atoms with Crippen LogP contribution in [-0.2, 0) is 22.6 Å². The van der Waals surface area contributed by atoms with Crippen molar-refractivity contribution < 1.29 is 14.3 Å². The van der Waals surface area contributed by atoms with Gasteiger partial charge in [-0.05, 0) is 50.5 Å². The van der Waals surface area contributed by atoms with Gasteiger partial charge in [-0.1, -0.05) is 48.9 Å². The Bertz CT molecular complexity index is 800. The fourth-order valence-electron chi connectivity index (χ4n) is 2.96. The Hall–Kier alpha value is -2.82. The van der Waals surface area contributed by atoms with Crippen LogP contribution >= 0.6 is 0 Å². The van der Waals surface area contributed by atoms with E-state index in [1.54, 1.807) is 18.9 Å². The molecular weight excluding hydrogens is 364 g/mol. The van der Waals surface area contributed by atoms with Crippen molar-refractivity contribution in [2.45, 2.75) is 59.2 Å². The summed E-state index contributed by atoms with van der Waals surface area (Å²) in [6.45, 7) is 8.20. The first-order chi connectivity index (χ1) is 13.8. The number of nitrogens with one attached hydrogen (secondary N) is 1. The summed E-state index contributed by atoms with van der Waals surface area (Å²) in [5, 5.41) is 2.99. The van der Waals surface area contributed by atoms with Gasteiger partial charge in [0.1, 0.15) is 11.8 Å². The Labute approximate surface area is 174 Å². The third kappa shape index (κ3) is 6.63. The fraction of sp³-hybridized carbons (Fsp3) is 0.417. The molecule has 2 amide bonds. The summed E-state index contributed by atoms with van der Waals surface area (Å²) in [6, 6.07) is 15.0. The highest BCUT2D eigenvalue weighted by molar-refractivity contribution is 5.88. The van der Waals surface area contributed by atoms with Crippen molar-refractivity contribution in [2.24, 2.45) is 0 Å². The van der Waals surface area contributed by atoms with Crippen LogP contribution in [0.1, 0.15) is 43.9 Å². The maximum absolute atomic E-state index is 13.2. The van der Waals surface area contributed by atoms with E-state index in [-0.39, 0.29) is 24.3 Å². The second kappa shape index (κ2) is 10.6. The minimum atomic E-state index is -0.559. The van der Waals surface area contributed by atoms with Gasteiger partial charge in [0.25, 0.3) is 0 Å². The molecule has 0 unspecified atom stereocenters. The molecule has 2 rings (SSSR count). The van der Waals surface area contributed by atoms with Crippen LogP contribution in [0.5, 0.6) is 5.75 Å². The molecule has 0 saturated carbocycles. The predicted octanol–water partition coefficient (Wildman–Crippen LogP) is 3.88. The molecule has 2 aromatic carbocycles. The van der Waals surface area contributed by atoms with Crippen molar-refractivity contribution in [3.8, 4) is 5.75 Å². The molecule has 0 fully saturated rings. The Morgan fingerprint density at radius 1 is 1.00 bits per heavy atom. The molecule has 0 spiro atoms. The normalized spacial score (nSPS) is 12.7. The summed E-state index contributed by atoms with van der Waals surface area (Å²) in [5.74, 6) is 0.538. The van der Waals surface area contributed by atoms with Crippen molar-refractivity contribution in [3.63, 3.8) is 0 Å². The van der Waals surface area contributed by atoms with Crippen molar-refractivity contribution in [3.05, 3.63) is 65.2 Å². The number of nitrogens with zero attached hydrogens (tertiary/aromatic N) is 1. The van der Waals surface area contributed by atoms with E-state index in [1.807, 2.05) is 69.3 Å². The number of carbonyl (C=O) groups excluding carboxylic acids is 2. The van der Waals surface area contributed by atoms with Crippen molar-refractivity contribution in [2.75, 3.05) is 7.11 Å². The molecule has 0 aliphatic carbocycles. The summed E-state index contributed by atoms with van der Waals surface area (Å²) in [6.07, 6.45) is 1.08. The van der Waals surface area contributed by atoms with E-state index in [0.29, 0.717) is 6.54 Å². The molecular formula is C24H32N2O3. The van der Waals surface area contributed by atoms with Gasteiger partial charge in [-0.3, -0.25) is 9.59 Å². The van der Waals surface area contributed by atoms with Gasteiger partial charge in [-0.2, -0.15) is 0 Å². The molecule has 29 heavy (non-hydrogen) atoms. The van der Waals surface area contributed by atoms with Crippen LogP contribution in [0, 0.1) is 6.92 Å². The number of ether oxygens (including phenoxy) is 1. The molecule has 156 valence electrons. The minimum absolute atomic E-state index is 0.0721. The summed E-state index contributed by atoms with van der Waals surface area (Å²) in [5.41, 5.74) is 3.05. The number of hydrogen-bond donors (Lipinski definition) is 1. The van der Waals surface area contributed by atoms with E-state index in [2.05, 4.69) is 5.32 Å². The van der Waals surface area contributed by atoms with E-state index in [1.165, 1.54) is 0 Å². The number of amides is 2. The number of benzene rings is 2. The van der Waals surface area contributed by atoms with Crippen molar-refractivity contribution in [1.82, 2.24) is 10.2 Å². The number of hydrogen-bond acceptors (Lipinski definition) is 3. The molecule has 0 aliphatic rings. The summed E-state index contributed by atoms with van der Waals surface area (Å²) in [4.78, 5) is 27.5. The number of methoxy groups -OCH3 is 1. The highest BCUT2D eigenvalue weighted by atomic mass is 16.5. The highest BCUT2D eigenvalue weighted by Crippen LogP contribution is 2.16. The van der Waals surface area contributed by atoms with Gasteiger partial charge in [0.15, 0.2) is 0 Å². The quantitative estimate of drug-likeness (QED) is 0.700. The summed E-state index contributed by atoms with van der Waals surface area (Å²) in [7, 11) is 1.61. The van der Waals surface area contributed by atoms with Crippen LogP contribution in [0.25, 0.3) is 0 Å². The maximum Gasteiger partial charge on any atom is 0.242 e. The zero-order valence-electron chi connectivity index (χ0n) is 18.1. The fourth-order valence-corrected chi connectivity index (χ4v) is 2.96. The third-order valence-electron chi connectivity index (χ3n) is 5.16. The molecule has 2 atom stereocenters. The average molecular weight is 397 g/mol. The standard InChI is InChI=1S/C24H32N2O3/c1-6-18(3)25-24(28)19(4)26(16-21-9-7-17(2)8-10-21)23(27)15-20-11-13-22(29-5)14-12-20/h7-14,18-19H,6,15-16H2,1-5H3,(H,25,28)/t18-,19-/m1/s1. The molecule has 0 bridgehead atoms. The maximum atomic E-state index is 13.2. The second-order valence-electron chi connectivity index (χ2n) is 7.53. The Balaban J connectivity index is 2.20. The molecule has 0 saturated heterocycles. The van der Waals surface area contributed by atoms with Gasteiger partial charge in [0.05, 0.1) is 13.5 Å². The van der Waals surface area contributed by atoms with Gasteiger partial charge in [-0.25, -0.2) is 0 Å². The molecule has 1 N–H and O–H groups in total. The van der Waals surface area contributed by atoms with E-state index >= 15 is 0 Å². The number of carbonyl (C=O) groups is 2. The molecule has 0 aliphatic heterocycles. The lowest BCUT2D eigenvalue weighted by Gasteiger charge is -2.30. The van der Waals surface area contributed by atoms with Gasteiger partial charge in [0.2, 0.25) is 11.8 Å². The van der Waals surface area contributed by atoms with E-state index in [0.717, 1.165) is 28.9 Å². The Kier molecular flexibility index (Phi) is 8.25. The van der Waals surface area contributed by atoms with E-state index in [9.17, 15) is 9.59 Å². The predicted molar refractivity (Wildman–Crippen MR) is 116 cm³/mol. The van der Waals surface area contributed by atoms with Crippen molar-refractivity contribution >= 4 is 11.8 Å². The number of rotatable bonds is 9. The van der Waals surface area contributed by atoms with Gasteiger partial charge < -0.3 is 15.0 Å². The largest absolute Gasteiger partial charge is 0.497 e. The van der Waals surface area contributed by atoms with Crippen LogP contribution < -0.4 is 10.1 Å². The first-order valence-corrected chi connectivity index (χ1v) is 10.1. The molecule has 5 nitrogen and oxygen atoms in total. The first kappa shape index (κ1) is 22.5. The molecule has 2 aromatic rings. The zero-order valence-corrected chi connectivity index (χ0v) is 18.1. The highest BCUT2D eigenvalue weighted by Gasteiger charge is 2.26. The lowest BCUT2D eigenvalue weighted by Crippen LogP contribution is -2.49. The van der Waals surface area contributed by atoms with Crippen LogP contribution in [0.15, 0.2) is 48.5 Å². The SMILES string of the molecule is CC[C@@H](C)NC(=O)[C@@H](C)N(Cc1ccc(C)cc1)C(=O)Cc1ccc(OC)cc1. The zero-order chi connectivity index (χ0) is 21.4. The monoisotopic (exact) mass is 396 g/mol. The van der Waals surface area contributed by atoms with Gasteiger partial charge >= 0.3 is 0 Å². The van der Waals surface area contributed by atoms with Crippen LogP contribution in [-0.4, -0.2) is 35.9 Å². The summed E-state index contributed by atoms with van der Waals surface area (Å²) < 4.78 is 5.18. The lowest BCUT2D eigenvalue weighted by atomic mass is 10.1. The Morgan fingerprint density at radius 2 is 1.59 bits per heavy atom. The topological polar surface area (TPSA) is 58.6 Å². The van der Waals surface area contributed by atoms with Crippen molar-refractivity contribution in [1.29, 1.82) is 0 Å². The van der Waals surface area contributed by atoms with E-state index < -0.39 is 6.04 Å². The summed E-state index contributed by atoms with van der Waals surface area (Å²) >= 11 is 0. The molecule has 0 radical (unpaired) electrons. The molecule has 0 aromatic heterocycles. The average Bonchev–Trinajstić information content (AvgIpc) is 2.73. The van der Waals surface area contributed by atoms with E-state index in [4.69, 9.17) is 4.74 Å². The van der Waals surface area contributed by atoms with Gasteiger partial charge in [0, 0.05) is 12.6 Å². The molecule has 0 heterocycles. The van der Waals surface area contributed by atoms with Gasteiger partial charge in [-0.15, -0.1) is 0 Å². The van der Waals surface area contributed by atoms with Crippen LogP contribution in [0.3, 0.4) is 0 Å². The second-order valence-corrected chi connectivity index (χ2v) is 7.53. The van der Waals surface area contributed by atoms with Crippen LogP contribution in [0.4, 0.5) is 0 Å². The first-order valence-electron chi connectivity index (χ1n) is 10.1. The smallest absolute Gasteiger partial charge is 0.242 e. The minimum Gasteiger partial charge on any atom is -0.497 e. The Morgan fingerprint density at radius 3 is 2.14 bits per heavy atom. The molecule has 5 heteroatoms. The number of aryl methyl sites for hydroxylation is 1. The van der Waals surface area contributed by atoms with Crippen LogP contribution in [0.2, 0.25) is 0 Å².